The van der Waals surface area contributed by atoms with Crippen molar-refractivity contribution in [3.05, 3.63) is 0 Å². The second-order valence-corrected chi connectivity index (χ2v) is 7.87. The molecule has 0 N–H and O–H groups in total. The molecule has 0 aromatic carbocycles. The van der Waals surface area contributed by atoms with Gasteiger partial charge in [-0.2, -0.15) is 11.8 Å². The molecule has 3 nitrogen and oxygen atoms in total. The molecule has 1 aliphatic rings. The molecule has 1 heterocycles. The Balaban J connectivity index is 2.32. The van der Waals surface area contributed by atoms with E-state index in [9.17, 15) is 9.59 Å². The first kappa shape index (κ1) is 15.9. The standard InChI is InChI=1S/C13H22O3S2/c1-5-11(14)18-8-10-6-9(7-17-10)12(15)16-13(2,3)4/h9-10H,5-8H2,1-4H3/t9-,10+/m0/s1. The Bertz CT molecular complexity index is 310. The molecule has 0 amide bonds. The van der Waals surface area contributed by atoms with Gasteiger partial charge in [-0.3, -0.25) is 9.59 Å². The van der Waals surface area contributed by atoms with Gasteiger partial charge in [0, 0.05) is 23.2 Å². The van der Waals surface area contributed by atoms with Crippen LogP contribution in [0.5, 0.6) is 0 Å². The van der Waals surface area contributed by atoms with Crippen molar-refractivity contribution in [2.24, 2.45) is 5.92 Å². The SMILES string of the molecule is CCC(=O)SC[C@H]1C[C@H](C(=O)OC(C)(C)C)CS1. The Kier molecular flexibility index (Phi) is 6.05. The summed E-state index contributed by atoms with van der Waals surface area (Å²) < 4.78 is 5.39. The molecule has 0 aromatic heterocycles. The molecule has 2 atom stereocenters. The molecule has 104 valence electrons. The molecular weight excluding hydrogens is 268 g/mol. The predicted molar refractivity (Wildman–Crippen MR) is 78.0 cm³/mol. The highest BCUT2D eigenvalue weighted by Crippen LogP contribution is 2.35. The highest BCUT2D eigenvalue weighted by atomic mass is 32.2. The number of thioether (sulfide) groups is 2. The summed E-state index contributed by atoms with van der Waals surface area (Å²) in [6, 6.07) is 0. The lowest BCUT2D eigenvalue weighted by atomic mass is 10.1. The Morgan fingerprint density at radius 2 is 2.06 bits per heavy atom. The van der Waals surface area contributed by atoms with E-state index in [1.165, 1.54) is 11.8 Å². The molecule has 5 heteroatoms. The Hall–Kier alpha value is -0.160. The third-order valence-electron chi connectivity index (χ3n) is 2.54. The predicted octanol–water partition coefficient (Wildman–Crippen LogP) is 3.12. The number of ether oxygens (including phenoxy) is 1. The van der Waals surface area contributed by atoms with Crippen LogP contribution in [-0.4, -0.2) is 33.4 Å². The van der Waals surface area contributed by atoms with Crippen LogP contribution in [0.25, 0.3) is 0 Å². The number of carbonyl (C=O) groups excluding carboxylic acids is 2. The van der Waals surface area contributed by atoms with Gasteiger partial charge in [0.05, 0.1) is 5.92 Å². The third kappa shape index (κ3) is 5.65. The van der Waals surface area contributed by atoms with E-state index in [1.807, 2.05) is 27.7 Å². The topological polar surface area (TPSA) is 43.4 Å². The van der Waals surface area contributed by atoms with Crippen LogP contribution in [0.2, 0.25) is 0 Å². The van der Waals surface area contributed by atoms with Crippen molar-refractivity contribution in [2.45, 2.75) is 51.4 Å². The lowest BCUT2D eigenvalue weighted by molar-refractivity contribution is -0.159. The first-order chi connectivity index (χ1) is 8.31. The smallest absolute Gasteiger partial charge is 0.310 e. The van der Waals surface area contributed by atoms with Crippen molar-refractivity contribution in [3.8, 4) is 0 Å². The lowest BCUT2D eigenvalue weighted by Crippen LogP contribution is -2.29. The van der Waals surface area contributed by atoms with Gasteiger partial charge in [0.15, 0.2) is 5.12 Å². The van der Waals surface area contributed by atoms with E-state index >= 15 is 0 Å². The Morgan fingerprint density at radius 3 is 2.61 bits per heavy atom. The minimum atomic E-state index is -0.410. The van der Waals surface area contributed by atoms with E-state index in [1.54, 1.807) is 11.8 Å². The van der Waals surface area contributed by atoms with Crippen LogP contribution in [0.4, 0.5) is 0 Å². The quantitative estimate of drug-likeness (QED) is 0.744. The highest BCUT2D eigenvalue weighted by Gasteiger charge is 2.33. The van der Waals surface area contributed by atoms with Crippen molar-refractivity contribution >= 4 is 34.6 Å². The summed E-state index contributed by atoms with van der Waals surface area (Å²) in [4.78, 5) is 23.1. The van der Waals surface area contributed by atoms with Crippen molar-refractivity contribution in [1.82, 2.24) is 0 Å². The lowest BCUT2D eigenvalue weighted by Gasteiger charge is -2.21. The first-order valence-corrected chi connectivity index (χ1v) is 8.35. The fourth-order valence-electron chi connectivity index (χ4n) is 1.66. The third-order valence-corrected chi connectivity index (χ3v) is 5.36. The Morgan fingerprint density at radius 1 is 1.39 bits per heavy atom. The van der Waals surface area contributed by atoms with Crippen molar-refractivity contribution in [2.75, 3.05) is 11.5 Å². The number of hydrogen-bond donors (Lipinski definition) is 0. The summed E-state index contributed by atoms with van der Waals surface area (Å²) in [6.07, 6.45) is 1.42. The van der Waals surface area contributed by atoms with Crippen LogP contribution in [-0.2, 0) is 14.3 Å². The van der Waals surface area contributed by atoms with Crippen molar-refractivity contribution in [1.29, 1.82) is 0 Å². The molecule has 1 fully saturated rings. The minimum Gasteiger partial charge on any atom is -0.460 e. The number of hydrogen-bond acceptors (Lipinski definition) is 5. The molecule has 1 aliphatic heterocycles. The maximum absolute atomic E-state index is 11.9. The zero-order valence-corrected chi connectivity index (χ0v) is 13.2. The number of esters is 1. The van der Waals surface area contributed by atoms with Crippen molar-refractivity contribution in [3.63, 3.8) is 0 Å². The molecular formula is C13H22O3S2. The fraction of sp³-hybridized carbons (Fsp3) is 0.846. The minimum absolute atomic E-state index is 0.00319. The summed E-state index contributed by atoms with van der Waals surface area (Å²) in [5.41, 5.74) is -0.410. The number of rotatable bonds is 4. The Labute approximate surface area is 118 Å². The van der Waals surface area contributed by atoms with E-state index in [0.29, 0.717) is 11.7 Å². The van der Waals surface area contributed by atoms with Crippen LogP contribution >= 0.6 is 23.5 Å². The van der Waals surface area contributed by atoms with Gasteiger partial charge in [-0.15, -0.1) is 0 Å². The monoisotopic (exact) mass is 290 g/mol. The molecule has 18 heavy (non-hydrogen) atoms. The van der Waals surface area contributed by atoms with Gasteiger partial charge in [0.2, 0.25) is 0 Å². The molecule has 0 spiro atoms. The second kappa shape index (κ2) is 6.85. The largest absolute Gasteiger partial charge is 0.460 e. The van der Waals surface area contributed by atoms with E-state index < -0.39 is 5.60 Å². The van der Waals surface area contributed by atoms with Gasteiger partial charge in [0.25, 0.3) is 0 Å². The van der Waals surface area contributed by atoms with Gasteiger partial charge in [0.1, 0.15) is 5.60 Å². The average Bonchev–Trinajstić information content (AvgIpc) is 2.72. The summed E-state index contributed by atoms with van der Waals surface area (Å²) in [6.45, 7) is 7.54. The molecule has 1 rings (SSSR count). The van der Waals surface area contributed by atoms with E-state index in [0.717, 1.165) is 17.9 Å². The van der Waals surface area contributed by atoms with Gasteiger partial charge in [-0.25, -0.2) is 0 Å². The zero-order chi connectivity index (χ0) is 13.8. The van der Waals surface area contributed by atoms with Gasteiger partial charge in [-0.1, -0.05) is 18.7 Å². The van der Waals surface area contributed by atoms with Crippen LogP contribution < -0.4 is 0 Å². The average molecular weight is 290 g/mol. The normalized spacial score (nSPS) is 24.0. The molecule has 0 unspecified atom stereocenters. The second-order valence-electron chi connectivity index (χ2n) is 5.46. The highest BCUT2D eigenvalue weighted by molar-refractivity contribution is 8.14. The van der Waals surface area contributed by atoms with Crippen LogP contribution in [0.15, 0.2) is 0 Å². The van der Waals surface area contributed by atoms with E-state index in [4.69, 9.17) is 4.74 Å². The summed E-state index contributed by atoms with van der Waals surface area (Å²) in [5, 5.41) is 0.638. The molecule has 0 saturated carbocycles. The number of carbonyl (C=O) groups is 2. The first-order valence-electron chi connectivity index (χ1n) is 6.32. The van der Waals surface area contributed by atoms with E-state index in [-0.39, 0.29) is 17.0 Å². The van der Waals surface area contributed by atoms with Gasteiger partial charge < -0.3 is 4.74 Å². The molecule has 0 aliphatic carbocycles. The fourth-order valence-corrected chi connectivity index (χ4v) is 4.11. The van der Waals surface area contributed by atoms with Crippen LogP contribution in [0.3, 0.4) is 0 Å². The zero-order valence-electron chi connectivity index (χ0n) is 11.5. The summed E-state index contributed by atoms with van der Waals surface area (Å²) >= 11 is 3.17. The van der Waals surface area contributed by atoms with Crippen LogP contribution in [0, 0.1) is 5.92 Å². The molecule has 0 aromatic rings. The maximum atomic E-state index is 11.9. The van der Waals surface area contributed by atoms with Gasteiger partial charge >= 0.3 is 5.97 Å². The summed E-state index contributed by atoms with van der Waals surface area (Å²) in [7, 11) is 0. The maximum Gasteiger partial charge on any atom is 0.310 e. The van der Waals surface area contributed by atoms with Crippen LogP contribution in [0.1, 0.15) is 40.5 Å². The molecule has 0 bridgehead atoms. The van der Waals surface area contributed by atoms with Gasteiger partial charge in [-0.05, 0) is 27.2 Å². The molecule has 1 saturated heterocycles. The summed E-state index contributed by atoms with van der Waals surface area (Å²) in [5.74, 6) is 1.54. The molecule has 0 radical (unpaired) electrons. The van der Waals surface area contributed by atoms with E-state index in [2.05, 4.69) is 0 Å². The van der Waals surface area contributed by atoms with Crippen molar-refractivity contribution < 1.29 is 14.3 Å².